The van der Waals surface area contributed by atoms with E-state index in [2.05, 4.69) is 26.1 Å². The summed E-state index contributed by atoms with van der Waals surface area (Å²) in [5.74, 6) is -0.00661. The van der Waals surface area contributed by atoms with Gasteiger partial charge in [0.15, 0.2) is 0 Å². The van der Waals surface area contributed by atoms with Gasteiger partial charge in [-0.2, -0.15) is 0 Å². The molecule has 1 amide bonds. The van der Waals surface area contributed by atoms with E-state index in [-0.39, 0.29) is 11.3 Å². The van der Waals surface area contributed by atoms with Crippen molar-refractivity contribution < 1.29 is 9.90 Å². The van der Waals surface area contributed by atoms with Gasteiger partial charge in [0.1, 0.15) is 0 Å². The van der Waals surface area contributed by atoms with Gasteiger partial charge in [-0.05, 0) is 29.9 Å². The van der Waals surface area contributed by atoms with Crippen LogP contribution < -0.4 is 5.32 Å². The zero-order chi connectivity index (χ0) is 14.5. The average molecular weight is 263 g/mol. The molecule has 0 aliphatic carbocycles. The highest BCUT2D eigenvalue weighted by atomic mass is 16.3. The van der Waals surface area contributed by atoms with Crippen LogP contribution in [0.1, 0.15) is 57.8 Å². The van der Waals surface area contributed by atoms with Crippen molar-refractivity contribution in [2.45, 2.75) is 52.1 Å². The third-order valence-corrected chi connectivity index (χ3v) is 3.18. The van der Waals surface area contributed by atoms with Gasteiger partial charge in [0.2, 0.25) is 5.91 Å². The lowest BCUT2D eigenvalue weighted by Gasteiger charge is -2.20. The molecule has 1 atom stereocenters. The largest absolute Gasteiger partial charge is 0.388 e. The van der Waals surface area contributed by atoms with Crippen molar-refractivity contribution in [3.05, 3.63) is 35.4 Å². The number of benzene rings is 1. The fraction of sp³-hybridized carbons (Fsp3) is 0.562. The van der Waals surface area contributed by atoms with Crippen molar-refractivity contribution in [3.8, 4) is 0 Å². The normalized spacial score (nSPS) is 13.1. The summed E-state index contributed by atoms with van der Waals surface area (Å²) in [7, 11) is 0. The standard InChI is InChI=1S/C16H25NO2/c1-5-17-15(19)11-10-14(18)12-6-8-13(9-7-12)16(2,3)4/h6-9,14,18H,5,10-11H2,1-4H3,(H,17,19). The minimum absolute atomic E-state index is 0.00661. The van der Waals surface area contributed by atoms with Crippen LogP contribution >= 0.6 is 0 Å². The molecule has 0 aliphatic heterocycles. The van der Waals surface area contributed by atoms with Gasteiger partial charge in [0.25, 0.3) is 0 Å². The minimum Gasteiger partial charge on any atom is -0.388 e. The SMILES string of the molecule is CCNC(=O)CCC(O)c1ccc(C(C)(C)C)cc1. The number of nitrogens with one attached hydrogen (secondary N) is 1. The molecular formula is C16H25NO2. The Hall–Kier alpha value is -1.35. The molecule has 0 saturated heterocycles. The van der Waals surface area contributed by atoms with Gasteiger partial charge < -0.3 is 10.4 Å². The molecule has 3 heteroatoms. The second kappa shape index (κ2) is 6.71. The monoisotopic (exact) mass is 263 g/mol. The van der Waals surface area contributed by atoms with Gasteiger partial charge >= 0.3 is 0 Å². The quantitative estimate of drug-likeness (QED) is 0.858. The second-order valence-electron chi connectivity index (χ2n) is 5.88. The van der Waals surface area contributed by atoms with E-state index in [0.29, 0.717) is 19.4 Å². The number of rotatable bonds is 5. The van der Waals surface area contributed by atoms with Gasteiger partial charge in [-0.25, -0.2) is 0 Å². The van der Waals surface area contributed by atoms with E-state index in [1.165, 1.54) is 5.56 Å². The van der Waals surface area contributed by atoms with Crippen LogP contribution in [0.5, 0.6) is 0 Å². The van der Waals surface area contributed by atoms with E-state index in [0.717, 1.165) is 5.56 Å². The highest BCUT2D eigenvalue weighted by Gasteiger charge is 2.15. The molecule has 0 saturated carbocycles. The molecule has 0 bridgehead atoms. The number of carbonyl (C=O) groups is 1. The lowest BCUT2D eigenvalue weighted by atomic mass is 9.86. The number of aliphatic hydroxyl groups excluding tert-OH is 1. The number of hydrogen-bond acceptors (Lipinski definition) is 2. The van der Waals surface area contributed by atoms with Gasteiger partial charge in [0, 0.05) is 13.0 Å². The molecule has 19 heavy (non-hydrogen) atoms. The zero-order valence-electron chi connectivity index (χ0n) is 12.4. The fourth-order valence-corrected chi connectivity index (χ4v) is 1.93. The molecule has 0 radical (unpaired) electrons. The summed E-state index contributed by atoms with van der Waals surface area (Å²) in [5, 5.41) is 12.8. The van der Waals surface area contributed by atoms with Crippen molar-refractivity contribution >= 4 is 5.91 Å². The Morgan fingerprint density at radius 2 is 1.84 bits per heavy atom. The van der Waals surface area contributed by atoms with Crippen LogP contribution in [0.3, 0.4) is 0 Å². The lowest BCUT2D eigenvalue weighted by molar-refractivity contribution is -0.121. The minimum atomic E-state index is -0.573. The molecule has 0 aliphatic rings. The third kappa shape index (κ3) is 5.03. The molecule has 1 rings (SSSR count). The number of carbonyl (C=O) groups excluding carboxylic acids is 1. The van der Waals surface area contributed by atoms with Gasteiger partial charge in [-0.3, -0.25) is 4.79 Å². The Bertz CT molecular complexity index is 404. The smallest absolute Gasteiger partial charge is 0.220 e. The summed E-state index contributed by atoms with van der Waals surface area (Å²) in [6, 6.07) is 7.99. The maximum atomic E-state index is 11.3. The van der Waals surface area contributed by atoms with Crippen LogP contribution in [0, 0.1) is 0 Å². The Morgan fingerprint density at radius 3 is 2.32 bits per heavy atom. The summed E-state index contributed by atoms with van der Waals surface area (Å²) < 4.78 is 0. The lowest BCUT2D eigenvalue weighted by Crippen LogP contribution is -2.22. The molecule has 106 valence electrons. The van der Waals surface area contributed by atoms with E-state index in [4.69, 9.17) is 0 Å². The molecule has 1 aromatic carbocycles. The maximum absolute atomic E-state index is 11.3. The van der Waals surface area contributed by atoms with Crippen LogP contribution in [0.2, 0.25) is 0 Å². The second-order valence-corrected chi connectivity index (χ2v) is 5.88. The molecule has 2 N–H and O–H groups in total. The van der Waals surface area contributed by atoms with Crippen molar-refractivity contribution in [1.29, 1.82) is 0 Å². The fourth-order valence-electron chi connectivity index (χ4n) is 1.93. The van der Waals surface area contributed by atoms with E-state index in [9.17, 15) is 9.90 Å². The molecule has 0 spiro atoms. The Morgan fingerprint density at radius 1 is 1.26 bits per heavy atom. The summed E-state index contributed by atoms with van der Waals surface area (Å²) in [6.45, 7) is 9.00. The molecule has 0 aromatic heterocycles. The number of hydrogen-bond donors (Lipinski definition) is 2. The number of amides is 1. The molecule has 1 aromatic rings. The molecule has 3 nitrogen and oxygen atoms in total. The first kappa shape index (κ1) is 15.7. The topological polar surface area (TPSA) is 49.3 Å². The molecule has 0 fully saturated rings. The molecule has 1 unspecified atom stereocenters. The van der Waals surface area contributed by atoms with Crippen molar-refractivity contribution in [2.75, 3.05) is 6.54 Å². The van der Waals surface area contributed by atoms with E-state index in [1.54, 1.807) is 0 Å². The first-order valence-electron chi connectivity index (χ1n) is 6.89. The van der Waals surface area contributed by atoms with Gasteiger partial charge in [-0.1, -0.05) is 45.0 Å². The van der Waals surface area contributed by atoms with Gasteiger partial charge in [0.05, 0.1) is 6.10 Å². The zero-order valence-corrected chi connectivity index (χ0v) is 12.4. The average Bonchev–Trinajstić information content (AvgIpc) is 2.35. The maximum Gasteiger partial charge on any atom is 0.220 e. The Labute approximate surface area is 116 Å². The van der Waals surface area contributed by atoms with E-state index in [1.807, 2.05) is 31.2 Å². The summed E-state index contributed by atoms with van der Waals surface area (Å²) in [5.41, 5.74) is 2.23. The highest BCUT2D eigenvalue weighted by molar-refractivity contribution is 5.75. The molecule has 0 heterocycles. The predicted octanol–water partition coefficient (Wildman–Crippen LogP) is 2.93. The Kier molecular flexibility index (Phi) is 5.55. The highest BCUT2D eigenvalue weighted by Crippen LogP contribution is 2.25. The van der Waals surface area contributed by atoms with Crippen LogP contribution in [0.4, 0.5) is 0 Å². The first-order chi connectivity index (χ1) is 8.84. The Balaban J connectivity index is 2.58. The van der Waals surface area contributed by atoms with Crippen LogP contribution in [-0.4, -0.2) is 17.6 Å². The predicted molar refractivity (Wildman–Crippen MR) is 78.0 cm³/mol. The summed E-state index contributed by atoms with van der Waals surface area (Å²) in [6.07, 6.45) is 0.244. The first-order valence-corrected chi connectivity index (χ1v) is 6.89. The van der Waals surface area contributed by atoms with E-state index < -0.39 is 6.10 Å². The van der Waals surface area contributed by atoms with Crippen LogP contribution in [-0.2, 0) is 10.2 Å². The summed E-state index contributed by atoms with van der Waals surface area (Å²) in [4.78, 5) is 11.3. The van der Waals surface area contributed by atoms with E-state index >= 15 is 0 Å². The van der Waals surface area contributed by atoms with Crippen LogP contribution in [0.25, 0.3) is 0 Å². The van der Waals surface area contributed by atoms with Crippen molar-refractivity contribution in [1.82, 2.24) is 5.32 Å². The van der Waals surface area contributed by atoms with Crippen molar-refractivity contribution in [3.63, 3.8) is 0 Å². The third-order valence-electron chi connectivity index (χ3n) is 3.18. The van der Waals surface area contributed by atoms with Crippen molar-refractivity contribution in [2.24, 2.45) is 0 Å². The van der Waals surface area contributed by atoms with Crippen LogP contribution in [0.15, 0.2) is 24.3 Å². The molecular weight excluding hydrogens is 238 g/mol. The van der Waals surface area contributed by atoms with Gasteiger partial charge in [-0.15, -0.1) is 0 Å². The number of aliphatic hydroxyl groups is 1. The summed E-state index contributed by atoms with van der Waals surface area (Å²) >= 11 is 0.